The maximum atomic E-state index is 9.30. The molecule has 2 atom stereocenters. The lowest BCUT2D eigenvalue weighted by Crippen LogP contribution is -2.61. The molecule has 0 bridgehead atoms. The first-order valence-corrected chi connectivity index (χ1v) is 4.81. The summed E-state index contributed by atoms with van der Waals surface area (Å²) in [4.78, 5) is 0.468. The van der Waals surface area contributed by atoms with Crippen LogP contribution in [0.4, 0.5) is 0 Å². The number of aliphatic hydroxyl groups excluding tert-OH is 2. The fourth-order valence-corrected chi connectivity index (χ4v) is 1.88. The molecule has 0 saturated carbocycles. The molecular formula is C8H15NO3S. The van der Waals surface area contributed by atoms with Gasteiger partial charge in [0.2, 0.25) is 6.29 Å². The minimum Gasteiger partial charge on any atom is -0.369 e. The minimum atomic E-state index is -1.20. The van der Waals surface area contributed by atoms with E-state index in [2.05, 4.69) is 5.32 Å². The van der Waals surface area contributed by atoms with Crippen molar-refractivity contribution in [2.45, 2.75) is 44.8 Å². The first kappa shape index (κ1) is 10.8. The van der Waals surface area contributed by atoms with Crippen molar-refractivity contribution < 1.29 is 14.9 Å². The Morgan fingerprint density at radius 2 is 2.00 bits per heavy atom. The quantitative estimate of drug-likeness (QED) is 0.559. The van der Waals surface area contributed by atoms with Gasteiger partial charge in [-0.15, -0.1) is 0 Å². The molecule has 3 N–H and O–H groups in total. The highest BCUT2D eigenvalue weighted by Crippen LogP contribution is 2.27. The van der Waals surface area contributed by atoms with Crippen molar-refractivity contribution in [1.29, 1.82) is 0 Å². The van der Waals surface area contributed by atoms with Crippen molar-refractivity contribution in [3.63, 3.8) is 0 Å². The second-order valence-electron chi connectivity index (χ2n) is 3.13. The molecule has 0 aliphatic carbocycles. The van der Waals surface area contributed by atoms with Gasteiger partial charge in [0.05, 0.1) is 0 Å². The Bertz CT molecular complexity index is 206. The molecule has 1 saturated heterocycles. The lowest BCUT2D eigenvalue weighted by atomic mass is 9.95. The number of aliphatic hydroxyl groups is 2. The van der Waals surface area contributed by atoms with Crippen LogP contribution in [0.1, 0.15) is 26.7 Å². The van der Waals surface area contributed by atoms with Gasteiger partial charge in [-0.05, 0) is 12.8 Å². The van der Waals surface area contributed by atoms with Crippen molar-refractivity contribution in [2.75, 3.05) is 0 Å². The Morgan fingerprint density at radius 3 is 2.46 bits per heavy atom. The summed E-state index contributed by atoms with van der Waals surface area (Å²) >= 11 is 5.06. The minimum absolute atomic E-state index is 0.468. The summed E-state index contributed by atoms with van der Waals surface area (Å²) in [6.45, 7) is 3.86. The maximum absolute atomic E-state index is 9.30. The van der Waals surface area contributed by atoms with E-state index >= 15 is 0 Å². The fourth-order valence-electron chi connectivity index (χ4n) is 1.42. The van der Waals surface area contributed by atoms with Gasteiger partial charge in [0, 0.05) is 0 Å². The predicted octanol–water partition coefficient (Wildman–Crippen LogP) is 0.129. The zero-order valence-corrected chi connectivity index (χ0v) is 8.60. The van der Waals surface area contributed by atoms with Crippen molar-refractivity contribution in [2.24, 2.45) is 0 Å². The van der Waals surface area contributed by atoms with E-state index in [1.54, 1.807) is 0 Å². The van der Waals surface area contributed by atoms with Crippen molar-refractivity contribution in [3.05, 3.63) is 0 Å². The molecule has 1 heterocycles. The Hall–Kier alpha value is -0.230. The van der Waals surface area contributed by atoms with Gasteiger partial charge in [-0.25, -0.2) is 0 Å². The van der Waals surface area contributed by atoms with Crippen LogP contribution in [0.15, 0.2) is 0 Å². The van der Waals surface area contributed by atoms with Crippen molar-refractivity contribution in [3.8, 4) is 0 Å². The third-order valence-electron chi connectivity index (χ3n) is 2.45. The molecule has 76 valence electrons. The summed E-state index contributed by atoms with van der Waals surface area (Å²) in [5.41, 5.74) is -0.617. The molecule has 1 aliphatic rings. The van der Waals surface area contributed by atoms with Crippen molar-refractivity contribution in [1.82, 2.24) is 5.32 Å². The fraction of sp³-hybridized carbons (Fsp3) is 0.875. The largest absolute Gasteiger partial charge is 0.369 e. The summed E-state index contributed by atoms with van der Waals surface area (Å²) in [6.07, 6.45) is -0.955. The van der Waals surface area contributed by atoms with E-state index in [0.717, 1.165) is 0 Å². The highest BCUT2D eigenvalue weighted by Gasteiger charge is 2.42. The van der Waals surface area contributed by atoms with Crippen molar-refractivity contribution >= 4 is 17.2 Å². The standard InChI is InChI=1S/C8H15NO3S/c1-3-8(4-2)7(13)9-5(10)6(11)12-8/h5-6,10-11H,3-4H2,1-2H3,(H,9,13). The zero-order valence-electron chi connectivity index (χ0n) is 7.78. The topological polar surface area (TPSA) is 61.7 Å². The molecule has 0 aromatic carbocycles. The number of thiocarbonyl (C=S) groups is 1. The molecule has 5 heteroatoms. The summed E-state index contributed by atoms with van der Waals surface area (Å²) in [7, 11) is 0. The Labute approximate surface area is 82.9 Å². The zero-order chi connectivity index (χ0) is 10.1. The predicted molar refractivity (Wildman–Crippen MR) is 52.1 cm³/mol. The van der Waals surface area contributed by atoms with E-state index in [1.807, 2.05) is 13.8 Å². The highest BCUT2D eigenvalue weighted by atomic mass is 32.1. The van der Waals surface area contributed by atoms with Crippen LogP contribution >= 0.6 is 12.2 Å². The average molecular weight is 205 g/mol. The van der Waals surface area contributed by atoms with Gasteiger partial charge in [0.1, 0.15) is 10.6 Å². The van der Waals surface area contributed by atoms with Crippen LogP contribution < -0.4 is 5.32 Å². The van der Waals surface area contributed by atoms with Gasteiger partial charge in [0.25, 0.3) is 0 Å². The van der Waals surface area contributed by atoms with Crippen LogP contribution in [0.5, 0.6) is 0 Å². The van der Waals surface area contributed by atoms with Gasteiger partial charge < -0.3 is 20.3 Å². The van der Waals surface area contributed by atoms with Crippen LogP contribution in [0.25, 0.3) is 0 Å². The molecule has 0 aromatic heterocycles. The van der Waals surface area contributed by atoms with Crippen LogP contribution in [0, 0.1) is 0 Å². The molecule has 0 spiro atoms. The second kappa shape index (κ2) is 3.88. The van der Waals surface area contributed by atoms with Crippen LogP contribution in [-0.2, 0) is 4.74 Å². The number of morpholine rings is 1. The van der Waals surface area contributed by atoms with Crippen LogP contribution in [-0.4, -0.2) is 33.3 Å². The van der Waals surface area contributed by atoms with Gasteiger partial charge in [-0.2, -0.15) is 0 Å². The summed E-state index contributed by atoms with van der Waals surface area (Å²) in [5, 5.41) is 21.1. The maximum Gasteiger partial charge on any atom is 0.201 e. The van der Waals surface area contributed by atoms with E-state index in [-0.39, 0.29) is 0 Å². The second-order valence-corrected chi connectivity index (χ2v) is 3.54. The van der Waals surface area contributed by atoms with E-state index < -0.39 is 18.1 Å². The third kappa shape index (κ3) is 1.83. The Morgan fingerprint density at radius 1 is 1.46 bits per heavy atom. The third-order valence-corrected chi connectivity index (χ3v) is 2.94. The van der Waals surface area contributed by atoms with E-state index in [1.165, 1.54) is 0 Å². The van der Waals surface area contributed by atoms with Crippen LogP contribution in [0.2, 0.25) is 0 Å². The summed E-state index contributed by atoms with van der Waals surface area (Å²) in [6, 6.07) is 0. The SMILES string of the molecule is CCC1(CC)OC(O)C(O)NC1=S. The average Bonchev–Trinajstić information content (AvgIpc) is 2.12. The number of hydrogen-bond donors (Lipinski definition) is 3. The lowest BCUT2D eigenvalue weighted by molar-refractivity contribution is -0.224. The molecule has 0 amide bonds. The van der Waals surface area contributed by atoms with E-state index in [9.17, 15) is 10.2 Å². The van der Waals surface area contributed by atoms with Gasteiger partial charge in [-0.1, -0.05) is 26.1 Å². The first-order valence-electron chi connectivity index (χ1n) is 4.40. The molecule has 13 heavy (non-hydrogen) atoms. The van der Waals surface area contributed by atoms with Gasteiger partial charge >= 0.3 is 0 Å². The molecule has 1 rings (SSSR count). The molecule has 4 nitrogen and oxygen atoms in total. The monoisotopic (exact) mass is 205 g/mol. The van der Waals surface area contributed by atoms with E-state index in [4.69, 9.17) is 17.0 Å². The molecule has 0 aromatic rings. The Balaban J connectivity index is 2.81. The molecule has 2 unspecified atom stereocenters. The lowest BCUT2D eigenvalue weighted by Gasteiger charge is -2.41. The molecule has 0 radical (unpaired) electrons. The summed E-state index contributed by atoms with van der Waals surface area (Å²) in [5.74, 6) is 0. The van der Waals surface area contributed by atoms with Gasteiger partial charge in [-0.3, -0.25) is 0 Å². The highest BCUT2D eigenvalue weighted by molar-refractivity contribution is 7.80. The smallest absolute Gasteiger partial charge is 0.201 e. The number of hydrogen-bond acceptors (Lipinski definition) is 4. The normalized spacial score (nSPS) is 32.8. The summed E-state index contributed by atoms with van der Waals surface area (Å²) < 4.78 is 5.30. The molecular weight excluding hydrogens is 190 g/mol. The number of rotatable bonds is 2. The molecule has 1 fully saturated rings. The first-order chi connectivity index (χ1) is 6.05. The Kier molecular flexibility index (Phi) is 3.23. The molecule has 1 aliphatic heterocycles. The van der Waals surface area contributed by atoms with E-state index in [0.29, 0.717) is 17.8 Å². The number of nitrogens with one attached hydrogen (secondary N) is 1. The number of ether oxygens (including phenoxy) is 1. The van der Waals surface area contributed by atoms with Crippen LogP contribution in [0.3, 0.4) is 0 Å². The van der Waals surface area contributed by atoms with Gasteiger partial charge in [0.15, 0.2) is 6.23 Å².